The predicted molar refractivity (Wildman–Crippen MR) is 65.1 cm³/mol. The van der Waals surface area contributed by atoms with Gasteiger partial charge >= 0.3 is 0 Å². The molecule has 2 rings (SSSR count). The van der Waals surface area contributed by atoms with Gasteiger partial charge in [-0.05, 0) is 64.6 Å². The molecular formula is C13H26N2. The summed E-state index contributed by atoms with van der Waals surface area (Å²) in [5.41, 5.74) is 0. The number of hydrogen-bond donors (Lipinski definition) is 1. The summed E-state index contributed by atoms with van der Waals surface area (Å²) >= 11 is 0. The van der Waals surface area contributed by atoms with Gasteiger partial charge in [-0.25, -0.2) is 0 Å². The first-order valence-corrected chi connectivity index (χ1v) is 6.78. The second kappa shape index (κ2) is 5.31. The van der Waals surface area contributed by atoms with Crippen molar-refractivity contribution < 1.29 is 0 Å². The van der Waals surface area contributed by atoms with E-state index in [1.807, 2.05) is 0 Å². The molecule has 1 saturated heterocycles. The van der Waals surface area contributed by atoms with Gasteiger partial charge in [-0.3, -0.25) is 0 Å². The summed E-state index contributed by atoms with van der Waals surface area (Å²) in [6.45, 7) is 8.49. The van der Waals surface area contributed by atoms with Crippen LogP contribution < -0.4 is 5.32 Å². The molecule has 2 heteroatoms. The van der Waals surface area contributed by atoms with Crippen LogP contribution in [0.15, 0.2) is 0 Å². The van der Waals surface area contributed by atoms with Crippen LogP contribution in [0.25, 0.3) is 0 Å². The Morgan fingerprint density at radius 2 is 2.00 bits per heavy atom. The van der Waals surface area contributed by atoms with Crippen LogP contribution in [0.3, 0.4) is 0 Å². The van der Waals surface area contributed by atoms with Crippen LogP contribution in [0.5, 0.6) is 0 Å². The lowest BCUT2D eigenvalue weighted by molar-refractivity contribution is 0.294. The van der Waals surface area contributed by atoms with Crippen LogP contribution >= 0.6 is 0 Å². The maximum absolute atomic E-state index is 3.84. The van der Waals surface area contributed by atoms with Gasteiger partial charge in [-0.2, -0.15) is 0 Å². The average molecular weight is 210 g/mol. The van der Waals surface area contributed by atoms with Crippen LogP contribution in [0, 0.1) is 5.92 Å². The first-order valence-electron chi connectivity index (χ1n) is 6.78. The number of nitrogens with zero attached hydrogens (tertiary/aromatic N) is 1. The van der Waals surface area contributed by atoms with Gasteiger partial charge in [0, 0.05) is 12.1 Å². The third-order valence-electron chi connectivity index (χ3n) is 4.10. The van der Waals surface area contributed by atoms with E-state index < -0.39 is 0 Å². The zero-order valence-corrected chi connectivity index (χ0v) is 10.3. The minimum Gasteiger partial charge on any atom is -0.311 e. The Morgan fingerprint density at radius 1 is 1.20 bits per heavy atom. The lowest BCUT2D eigenvalue weighted by atomic mass is 10.1. The van der Waals surface area contributed by atoms with Crippen molar-refractivity contribution in [1.29, 1.82) is 0 Å². The molecule has 1 aliphatic carbocycles. The van der Waals surface area contributed by atoms with Crippen LogP contribution in [0.1, 0.15) is 46.0 Å². The Balaban J connectivity index is 1.72. The number of hydrogen-bond acceptors (Lipinski definition) is 2. The zero-order chi connectivity index (χ0) is 10.7. The van der Waals surface area contributed by atoms with Crippen molar-refractivity contribution in [2.75, 3.05) is 19.6 Å². The molecule has 2 aliphatic rings. The van der Waals surface area contributed by atoms with Crippen molar-refractivity contribution in [3.05, 3.63) is 0 Å². The van der Waals surface area contributed by atoms with E-state index in [0.717, 1.165) is 18.0 Å². The van der Waals surface area contributed by atoms with Gasteiger partial charge < -0.3 is 10.2 Å². The van der Waals surface area contributed by atoms with Gasteiger partial charge in [0.05, 0.1) is 0 Å². The lowest BCUT2D eigenvalue weighted by Gasteiger charge is -2.22. The van der Waals surface area contributed by atoms with Crippen LogP contribution in [0.2, 0.25) is 0 Å². The second-order valence-electron chi connectivity index (χ2n) is 5.35. The van der Waals surface area contributed by atoms with Gasteiger partial charge in [0.1, 0.15) is 0 Å². The first-order chi connectivity index (χ1) is 7.29. The molecule has 1 heterocycles. The second-order valence-corrected chi connectivity index (χ2v) is 5.35. The minimum atomic E-state index is 0.767. The van der Waals surface area contributed by atoms with E-state index in [0.29, 0.717) is 0 Å². The smallest absolute Gasteiger partial charge is 0.00823 e. The molecule has 2 atom stereocenters. The van der Waals surface area contributed by atoms with Crippen molar-refractivity contribution in [1.82, 2.24) is 10.2 Å². The number of nitrogens with one attached hydrogen (secondary N) is 1. The fraction of sp³-hybridized carbons (Fsp3) is 1.00. The van der Waals surface area contributed by atoms with Crippen LogP contribution in [0.4, 0.5) is 0 Å². The molecule has 2 unspecified atom stereocenters. The molecule has 0 aromatic rings. The average Bonchev–Trinajstić information content (AvgIpc) is 3.05. The molecule has 1 N–H and O–H groups in total. The Labute approximate surface area is 94.4 Å². The molecule has 2 fully saturated rings. The predicted octanol–water partition coefficient (Wildman–Crippen LogP) is 2.25. The molecule has 0 aromatic heterocycles. The van der Waals surface area contributed by atoms with Crippen LogP contribution in [-0.4, -0.2) is 36.6 Å². The van der Waals surface area contributed by atoms with Gasteiger partial charge in [0.15, 0.2) is 0 Å². The van der Waals surface area contributed by atoms with E-state index in [1.54, 1.807) is 0 Å². The molecule has 15 heavy (non-hydrogen) atoms. The quantitative estimate of drug-likeness (QED) is 0.765. The Hall–Kier alpha value is -0.0800. The molecule has 0 aromatic carbocycles. The van der Waals surface area contributed by atoms with Crippen molar-refractivity contribution in [3.8, 4) is 0 Å². The van der Waals surface area contributed by atoms with Gasteiger partial charge in [-0.1, -0.05) is 6.92 Å². The van der Waals surface area contributed by atoms with E-state index in [9.17, 15) is 0 Å². The summed E-state index contributed by atoms with van der Waals surface area (Å²) in [5.74, 6) is 0.996. The van der Waals surface area contributed by atoms with Crippen molar-refractivity contribution in [2.24, 2.45) is 5.92 Å². The molecule has 1 saturated carbocycles. The van der Waals surface area contributed by atoms with E-state index in [4.69, 9.17) is 0 Å². The van der Waals surface area contributed by atoms with Gasteiger partial charge in [-0.15, -0.1) is 0 Å². The van der Waals surface area contributed by atoms with E-state index in [-0.39, 0.29) is 0 Å². The molecule has 0 amide bonds. The van der Waals surface area contributed by atoms with Crippen molar-refractivity contribution in [2.45, 2.75) is 58.0 Å². The summed E-state index contributed by atoms with van der Waals surface area (Å²) < 4.78 is 0. The van der Waals surface area contributed by atoms with Gasteiger partial charge in [0.25, 0.3) is 0 Å². The number of likely N-dealkylation sites (tertiary alicyclic amines) is 1. The summed E-state index contributed by atoms with van der Waals surface area (Å²) in [5, 5.41) is 3.84. The molecular weight excluding hydrogens is 184 g/mol. The molecule has 0 radical (unpaired) electrons. The summed E-state index contributed by atoms with van der Waals surface area (Å²) in [7, 11) is 0. The first kappa shape index (κ1) is 11.4. The normalized spacial score (nSPS) is 31.2. The van der Waals surface area contributed by atoms with Gasteiger partial charge in [0.2, 0.25) is 0 Å². The standard InChI is InChI=1S/C13H26N2/c1-3-15-9-4-5-13(8-10-15)14-11(2)12-6-7-12/h11-14H,3-10H2,1-2H3. The fourth-order valence-electron chi connectivity index (χ4n) is 2.74. The monoisotopic (exact) mass is 210 g/mol. The van der Waals surface area contributed by atoms with E-state index in [1.165, 1.54) is 51.7 Å². The van der Waals surface area contributed by atoms with Crippen LogP contribution in [-0.2, 0) is 0 Å². The highest BCUT2D eigenvalue weighted by atomic mass is 15.1. The maximum Gasteiger partial charge on any atom is 0.00823 e. The summed E-state index contributed by atoms with van der Waals surface area (Å²) in [6.07, 6.45) is 7.03. The highest BCUT2D eigenvalue weighted by molar-refractivity contribution is 4.86. The molecule has 88 valence electrons. The Morgan fingerprint density at radius 3 is 2.67 bits per heavy atom. The Bertz CT molecular complexity index is 189. The SMILES string of the molecule is CCN1CCCC(NC(C)C2CC2)CC1. The van der Waals surface area contributed by atoms with E-state index >= 15 is 0 Å². The fourth-order valence-corrected chi connectivity index (χ4v) is 2.74. The molecule has 0 bridgehead atoms. The zero-order valence-electron chi connectivity index (χ0n) is 10.3. The summed E-state index contributed by atoms with van der Waals surface area (Å²) in [4.78, 5) is 2.59. The third kappa shape index (κ3) is 3.46. The molecule has 1 aliphatic heterocycles. The van der Waals surface area contributed by atoms with E-state index in [2.05, 4.69) is 24.1 Å². The highest BCUT2D eigenvalue weighted by Crippen LogP contribution is 2.32. The molecule has 0 spiro atoms. The third-order valence-corrected chi connectivity index (χ3v) is 4.10. The Kier molecular flexibility index (Phi) is 4.04. The highest BCUT2D eigenvalue weighted by Gasteiger charge is 2.29. The number of rotatable bonds is 4. The lowest BCUT2D eigenvalue weighted by Crippen LogP contribution is -2.38. The van der Waals surface area contributed by atoms with Crippen molar-refractivity contribution >= 4 is 0 Å². The minimum absolute atomic E-state index is 0.767. The topological polar surface area (TPSA) is 15.3 Å². The maximum atomic E-state index is 3.84. The molecule has 2 nitrogen and oxygen atoms in total. The summed E-state index contributed by atoms with van der Waals surface area (Å²) in [6, 6.07) is 1.56. The largest absolute Gasteiger partial charge is 0.311 e. The van der Waals surface area contributed by atoms with Crippen molar-refractivity contribution in [3.63, 3.8) is 0 Å².